The molecule has 0 aromatic rings. The Hall–Kier alpha value is -0.521. The van der Waals surface area contributed by atoms with Crippen LogP contribution in [0.5, 0.6) is 0 Å². The number of amidine groups is 1. The molecule has 0 saturated heterocycles. The number of hydrogen-bond acceptors (Lipinski definition) is 1. The van der Waals surface area contributed by atoms with E-state index in [0.29, 0.717) is 6.54 Å². The molecule has 0 aromatic carbocycles. The van der Waals surface area contributed by atoms with Crippen LogP contribution in [0.25, 0.3) is 4.85 Å². The fraction of sp³-hybridized carbons (Fsp3) is 0.500. The summed E-state index contributed by atoms with van der Waals surface area (Å²) in [4.78, 5) is 3.12. The van der Waals surface area contributed by atoms with Crippen LogP contribution in [0.2, 0.25) is 5.32 Å². The van der Waals surface area contributed by atoms with Crippen LogP contribution in [0.15, 0.2) is 0 Å². The Morgan fingerprint density at radius 2 is 2.50 bits per heavy atom. The molecule has 8 heavy (non-hydrogen) atoms. The van der Waals surface area contributed by atoms with Crippen LogP contribution in [0.4, 0.5) is 0 Å². The third-order valence-electron chi connectivity index (χ3n) is 0.461. The van der Waals surface area contributed by atoms with Gasteiger partial charge in [-0.05, 0) is 0 Å². The molecule has 0 aromatic heterocycles. The van der Waals surface area contributed by atoms with Gasteiger partial charge in [0.2, 0.25) is 0 Å². The van der Waals surface area contributed by atoms with E-state index in [0.717, 1.165) is 5.32 Å². The average molecular weight is 176 g/mol. The van der Waals surface area contributed by atoms with Crippen molar-refractivity contribution in [2.75, 3.05) is 6.54 Å². The maximum absolute atomic E-state index is 6.78. The van der Waals surface area contributed by atoms with E-state index in [1.807, 2.05) is 0 Å². The summed E-state index contributed by atoms with van der Waals surface area (Å²) >= 11 is 0.0740. The van der Waals surface area contributed by atoms with Crippen molar-refractivity contribution in [1.29, 1.82) is 5.41 Å². The van der Waals surface area contributed by atoms with Crippen LogP contribution in [0.1, 0.15) is 0 Å². The van der Waals surface area contributed by atoms with E-state index >= 15 is 0 Å². The second-order valence-electron chi connectivity index (χ2n) is 1.09. The zero-order chi connectivity index (χ0) is 6.41. The maximum atomic E-state index is 6.78. The first-order chi connectivity index (χ1) is 3.77. The van der Waals surface area contributed by atoms with Gasteiger partial charge >= 0.3 is 54.1 Å². The van der Waals surface area contributed by atoms with E-state index in [2.05, 4.69) is 4.85 Å². The molecule has 0 amide bonds. The van der Waals surface area contributed by atoms with Gasteiger partial charge in [0.05, 0.1) is 0 Å². The topological polar surface area (TPSA) is 54.2 Å². The third-order valence-corrected chi connectivity index (χ3v) is 1.92. The Labute approximate surface area is 54.7 Å². The van der Waals surface area contributed by atoms with Crippen LogP contribution < -0.4 is 5.73 Å². The third kappa shape index (κ3) is 5.48. The van der Waals surface area contributed by atoms with Gasteiger partial charge in [-0.1, -0.05) is 0 Å². The molecular weight excluding hydrogens is 169 g/mol. The fourth-order valence-electron chi connectivity index (χ4n) is 0.201. The summed E-state index contributed by atoms with van der Waals surface area (Å²) in [5.74, 6) is 0. The minimum absolute atomic E-state index is 0.0740. The van der Waals surface area contributed by atoms with Crippen molar-refractivity contribution < 1.29 is 0 Å². The van der Waals surface area contributed by atoms with Gasteiger partial charge in [-0.25, -0.2) is 0 Å². The first-order valence-corrected chi connectivity index (χ1v) is 4.14. The number of nitrogens with zero attached hydrogens (tertiary/aromatic N) is 1. The van der Waals surface area contributed by atoms with Crippen molar-refractivity contribution in [2.24, 2.45) is 5.73 Å². The van der Waals surface area contributed by atoms with Crippen LogP contribution >= 0.6 is 0 Å². The number of nitrogens with one attached hydrogen (secondary N) is 1. The molecule has 0 rings (SSSR count). The number of rotatable bonds is 3. The monoisotopic (exact) mass is 177 g/mol. The van der Waals surface area contributed by atoms with Crippen molar-refractivity contribution in [3.63, 3.8) is 0 Å². The standard InChI is InChI=1S/C4H7N3Se/c1-7-2-3-8-4(5)6/h2-3H2,(H3,5,6). The zero-order valence-electron chi connectivity index (χ0n) is 4.35. The summed E-state index contributed by atoms with van der Waals surface area (Å²) in [5.41, 5.74) is 5.04. The zero-order valence-corrected chi connectivity index (χ0v) is 6.06. The molecule has 0 bridgehead atoms. The molecule has 0 fully saturated rings. The van der Waals surface area contributed by atoms with Gasteiger partial charge in [0.1, 0.15) is 0 Å². The van der Waals surface area contributed by atoms with Crippen molar-refractivity contribution in [3.05, 3.63) is 11.4 Å². The predicted octanol–water partition coefficient (Wildman–Crippen LogP) is -0.0783. The van der Waals surface area contributed by atoms with Crippen molar-refractivity contribution in [1.82, 2.24) is 0 Å². The van der Waals surface area contributed by atoms with Crippen LogP contribution in [0.3, 0.4) is 0 Å². The average Bonchev–Trinajstić information content (AvgIpc) is 1.66. The Balaban J connectivity index is 2.97. The van der Waals surface area contributed by atoms with Crippen LogP contribution in [-0.2, 0) is 0 Å². The molecule has 0 heterocycles. The molecule has 3 N–H and O–H groups in total. The van der Waals surface area contributed by atoms with E-state index in [-0.39, 0.29) is 19.7 Å². The molecule has 0 aliphatic heterocycles. The van der Waals surface area contributed by atoms with Gasteiger partial charge in [-0.2, -0.15) is 0 Å². The normalized spacial score (nSPS) is 7.88. The minimum atomic E-state index is 0.0740. The van der Waals surface area contributed by atoms with Crippen molar-refractivity contribution in [2.45, 2.75) is 5.32 Å². The molecule has 3 nitrogen and oxygen atoms in total. The van der Waals surface area contributed by atoms with E-state index in [1.165, 1.54) is 0 Å². The van der Waals surface area contributed by atoms with E-state index in [4.69, 9.17) is 17.7 Å². The van der Waals surface area contributed by atoms with E-state index < -0.39 is 0 Å². The van der Waals surface area contributed by atoms with E-state index in [1.54, 1.807) is 0 Å². The van der Waals surface area contributed by atoms with Gasteiger partial charge in [0.25, 0.3) is 0 Å². The summed E-state index contributed by atoms with van der Waals surface area (Å²) in [6, 6.07) is 0. The van der Waals surface area contributed by atoms with Crippen LogP contribution in [0, 0.1) is 12.0 Å². The number of nitrogens with two attached hydrogens (primary N) is 1. The summed E-state index contributed by atoms with van der Waals surface area (Å²) in [6.45, 7) is 6.88. The van der Waals surface area contributed by atoms with E-state index in [9.17, 15) is 0 Å². The fourth-order valence-corrected chi connectivity index (χ4v) is 1.05. The van der Waals surface area contributed by atoms with Gasteiger partial charge < -0.3 is 0 Å². The molecule has 0 unspecified atom stereocenters. The van der Waals surface area contributed by atoms with Gasteiger partial charge in [0.15, 0.2) is 0 Å². The van der Waals surface area contributed by atoms with Crippen molar-refractivity contribution >= 4 is 19.7 Å². The summed E-state index contributed by atoms with van der Waals surface area (Å²) in [7, 11) is 0. The molecular formula is C4H7N3Se. The Morgan fingerprint density at radius 3 is 2.88 bits per heavy atom. The second kappa shape index (κ2) is 4.63. The van der Waals surface area contributed by atoms with Gasteiger partial charge in [-0.15, -0.1) is 0 Å². The Kier molecular flexibility index (Phi) is 4.33. The SMILES string of the molecule is [C-]#[N+]CC[Se]C(=N)N. The Morgan fingerprint density at radius 1 is 1.88 bits per heavy atom. The van der Waals surface area contributed by atoms with Gasteiger partial charge in [-0.3, -0.25) is 0 Å². The van der Waals surface area contributed by atoms with Gasteiger partial charge in [0, 0.05) is 0 Å². The predicted molar refractivity (Wildman–Crippen MR) is 33.9 cm³/mol. The first kappa shape index (κ1) is 7.48. The van der Waals surface area contributed by atoms with Crippen molar-refractivity contribution in [3.8, 4) is 0 Å². The van der Waals surface area contributed by atoms with Crippen LogP contribution in [-0.4, -0.2) is 26.2 Å². The molecule has 0 atom stereocenters. The summed E-state index contributed by atoms with van der Waals surface area (Å²) in [5, 5.41) is 7.56. The summed E-state index contributed by atoms with van der Waals surface area (Å²) < 4.78 is 0.237. The molecule has 0 aliphatic rings. The molecule has 0 radical (unpaired) electrons. The molecule has 0 spiro atoms. The molecule has 44 valence electrons. The first-order valence-electron chi connectivity index (χ1n) is 2.07. The Bertz CT molecular complexity index is 115. The molecule has 0 aliphatic carbocycles. The quantitative estimate of drug-likeness (QED) is 0.204. The number of hydrogen-bond donors (Lipinski definition) is 2. The summed E-state index contributed by atoms with van der Waals surface area (Å²) in [6.07, 6.45) is 0. The second-order valence-corrected chi connectivity index (χ2v) is 3.48. The molecule has 0 saturated carbocycles. The molecule has 4 heteroatoms.